The van der Waals surface area contributed by atoms with Gasteiger partial charge in [-0.05, 0) is 54.6 Å². The molecule has 2 aromatic rings. The fourth-order valence-corrected chi connectivity index (χ4v) is 9.55. The maximum Gasteiger partial charge on any atom is 0.261 e. The van der Waals surface area contributed by atoms with Crippen LogP contribution in [0.3, 0.4) is 0 Å². The summed E-state index contributed by atoms with van der Waals surface area (Å²) in [7, 11) is -2.50. The first-order valence-corrected chi connectivity index (χ1v) is 14.5. The molecule has 0 saturated carbocycles. The van der Waals surface area contributed by atoms with Gasteiger partial charge >= 0.3 is 0 Å². The van der Waals surface area contributed by atoms with Crippen LogP contribution in [-0.4, -0.2) is 39.2 Å². The van der Waals surface area contributed by atoms with Gasteiger partial charge in [-0.15, -0.1) is 0 Å². The van der Waals surface area contributed by atoms with Crippen molar-refractivity contribution in [1.82, 2.24) is 0 Å². The molecular weight excluding hydrogens is 452 g/mol. The van der Waals surface area contributed by atoms with E-state index >= 15 is 0 Å². The van der Waals surface area contributed by atoms with Crippen molar-refractivity contribution < 1.29 is 18.7 Å². The number of carbonyl (C=O) groups is 1. The van der Waals surface area contributed by atoms with E-state index in [-0.39, 0.29) is 17.2 Å². The topological polar surface area (TPSA) is 44.8 Å². The number of allylic oxidation sites excluding steroid dienone is 1. The predicted octanol–water partition coefficient (Wildman–Crippen LogP) is 5.56. The fraction of sp³-hybridized carbons (Fsp3) is 0.433. The fourth-order valence-electron chi connectivity index (χ4n) is 4.97. The summed E-state index contributed by atoms with van der Waals surface area (Å²) in [5, 5.41) is 2.57. The minimum Gasteiger partial charge on any atom is -0.407 e. The molecule has 1 heterocycles. The molecule has 1 aliphatic rings. The van der Waals surface area contributed by atoms with Gasteiger partial charge in [0.25, 0.3) is 8.32 Å². The molecule has 0 bridgehead atoms. The lowest BCUT2D eigenvalue weighted by Crippen LogP contribution is -2.66. The van der Waals surface area contributed by atoms with E-state index < -0.39 is 14.1 Å². The number of hydrogen-bond donors (Lipinski definition) is 0. The summed E-state index contributed by atoms with van der Waals surface area (Å²) < 4.78 is 19.1. The van der Waals surface area contributed by atoms with Crippen molar-refractivity contribution in [3.8, 4) is 0 Å². The molecule has 0 spiro atoms. The molecule has 2 atom stereocenters. The van der Waals surface area contributed by atoms with E-state index in [9.17, 15) is 4.79 Å². The Labute approximate surface area is 212 Å². The minimum atomic E-state index is -2.50. The molecule has 0 radical (unpaired) electrons. The van der Waals surface area contributed by atoms with Gasteiger partial charge in [0.15, 0.2) is 5.79 Å². The highest BCUT2D eigenvalue weighted by atomic mass is 28.4. The zero-order valence-electron chi connectivity index (χ0n) is 21.8. The SMILES string of the molecule is CC1(C)O[C@@H](C/C=C\C=O)[C@H](C/C=C\CCO[Si](c2ccccc2)(c2ccccc2)C(C)(C)C)O1. The monoisotopic (exact) mass is 492 g/mol. The Morgan fingerprint density at radius 2 is 1.37 bits per heavy atom. The lowest BCUT2D eigenvalue weighted by Gasteiger charge is -2.43. The molecule has 4 nitrogen and oxygen atoms in total. The van der Waals surface area contributed by atoms with Crippen LogP contribution in [0.25, 0.3) is 0 Å². The first-order chi connectivity index (χ1) is 16.7. The van der Waals surface area contributed by atoms with Crippen molar-refractivity contribution in [3.63, 3.8) is 0 Å². The Hall–Kier alpha value is -2.31. The van der Waals surface area contributed by atoms with Crippen LogP contribution >= 0.6 is 0 Å². The average molecular weight is 493 g/mol. The second-order valence-electron chi connectivity index (χ2n) is 10.5. The summed E-state index contributed by atoms with van der Waals surface area (Å²) in [6.45, 7) is 11.4. The zero-order valence-corrected chi connectivity index (χ0v) is 22.8. The summed E-state index contributed by atoms with van der Waals surface area (Å²) in [6.07, 6.45) is 10.7. The summed E-state index contributed by atoms with van der Waals surface area (Å²) in [4.78, 5) is 10.6. The Bertz CT molecular complexity index is 937. The van der Waals surface area contributed by atoms with Crippen molar-refractivity contribution in [2.45, 2.75) is 76.9 Å². The second kappa shape index (κ2) is 12.1. The van der Waals surface area contributed by atoms with Gasteiger partial charge in [-0.3, -0.25) is 4.79 Å². The van der Waals surface area contributed by atoms with Gasteiger partial charge in [0.1, 0.15) is 6.29 Å². The highest BCUT2D eigenvalue weighted by Crippen LogP contribution is 2.37. The van der Waals surface area contributed by atoms with Crippen LogP contribution in [0.2, 0.25) is 5.04 Å². The molecule has 0 N–H and O–H groups in total. The third kappa shape index (κ3) is 6.89. The molecule has 3 rings (SSSR count). The Morgan fingerprint density at radius 1 is 0.857 bits per heavy atom. The molecule has 188 valence electrons. The molecular formula is C30H40O4Si. The second-order valence-corrected chi connectivity index (χ2v) is 14.8. The first-order valence-electron chi connectivity index (χ1n) is 12.6. The molecule has 5 heteroatoms. The summed E-state index contributed by atoms with van der Waals surface area (Å²) in [5.41, 5.74) is 0. The summed E-state index contributed by atoms with van der Waals surface area (Å²) >= 11 is 0. The molecule has 1 aliphatic heterocycles. The van der Waals surface area contributed by atoms with Crippen LogP contribution in [0.1, 0.15) is 53.9 Å². The minimum absolute atomic E-state index is 0.0255. The molecule has 0 aliphatic carbocycles. The number of hydrogen-bond acceptors (Lipinski definition) is 4. The molecule has 0 unspecified atom stereocenters. The summed E-state index contributed by atoms with van der Waals surface area (Å²) in [6, 6.07) is 21.5. The zero-order chi connectivity index (χ0) is 25.4. The molecule has 1 saturated heterocycles. The Kier molecular flexibility index (Phi) is 9.42. The lowest BCUT2D eigenvalue weighted by molar-refractivity contribution is -0.145. The van der Waals surface area contributed by atoms with E-state index in [2.05, 4.69) is 93.6 Å². The standard InChI is InChI=1S/C30H40O4Si/c1-29(2,3)35(25-17-9-6-10-18-25,26-19-11-7-12-20-26)32-24-16-8-13-21-27-28(22-14-15-23-31)34-30(4,5)33-27/h6-15,17-20,23,27-28H,16,21-22,24H2,1-5H3/b13-8-,15-14-/t27-,28-/m0/s1. The van der Waals surface area contributed by atoms with E-state index in [0.717, 1.165) is 19.1 Å². The summed E-state index contributed by atoms with van der Waals surface area (Å²) in [5.74, 6) is -0.607. The number of ether oxygens (including phenoxy) is 2. The van der Waals surface area contributed by atoms with Gasteiger partial charge in [-0.25, -0.2) is 0 Å². The van der Waals surface area contributed by atoms with E-state index in [4.69, 9.17) is 13.9 Å². The first kappa shape index (κ1) is 27.3. The molecule has 2 aromatic carbocycles. The third-order valence-corrected chi connectivity index (χ3v) is 11.5. The maximum absolute atomic E-state index is 10.6. The van der Waals surface area contributed by atoms with Gasteiger partial charge in [-0.2, -0.15) is 0 Å². The molecule has 35 heavy (non-hydrogen) atoms. The van der Waals surface area contributed by atoms with Crippen LogP contribution in [0.4, 0.5) is 0 Å². The number of rotatable bonds is 11. The predicted molar refractivity (Wildman–Crippen MR) is 146 cm³/mol. The maximum atomic E-state index is 10.6. The van der Waals surface area contributed by atoms with Gasteiger partial charge in [0.05, 0.1) is 12.2 Å². The van der Waals surface area contributed by atoms with Crippen molar-refractivity contribution >= 4 is 25.0 Å². The van der Waals surface area contributed by atoms with Crippen LogP contribution in [-0.2, 0) is 18.7 Å². The van der Waals surface area contributed by atoms with Crippen LogP contribution in [0.15, 0.2) is 85.0 Å². The largest absolute Gasteiger partial charge is 0.407 e. The molecule has 0 amide bonds. The van der Waals surface area contributed by atoms with Crippen LogP contribution in [0, 0.1) is 0 Å². The van der Waals surface area contributed by atoms with Gasteiger partial charge in [0.2, 0.25) is 0 Å². The van der Waals surface area contributed by atoms with Gasteiger partial charge in [-0.1, -0.05) is 99.7 Å². The van der Waals surface area contributed by atoms with Crippen molar-refractivity contribution in [3.05, 3.63) is 85.0 Å². The van der Waals surface area contributed by atoms with Crippen molar-refractivity contribution in [2.24, 2.45) is 0 Å². The third-order valence-electron chi connectivity index (χ3n) is 6.42. The van der Waals surface area contributed by atoms with Crippen molar-refractivity contribution in [2.75, 3.05) is 6.61 Å². The Morgan fingerprint density at radius 3 is 1.86 bits per heavy atom. The van der Waals surface area contributed by atoms with Gasteiger partial charge < -0.3 is 13.9 Å². The van der Waals surface area contributed by atoms with E-state index in [1.807, 2.05) is 19.9 Å². The van der Waals surface area contributed by atoms with Crippen LogP contribution in [0.5, 0.6) is 0 Å². The Balaban J connectivity index is 1.68. The number of aldehydes is 1. The lowest BCUT2D eigenvalue weighted by atomic mass is 10.1. The molecule has 0 aromatic heterocycles. The molecule has 1 fully saturated rings. The van der Waals surface area contributed by atoms with Crippen molar-refractivity contribution in [1.29, 1.82) is 0 Å². The smallest absolute Gasteiger partial charge is 0.261 e. The highest BCUT2D eigenvalue weighted by Gasteiger charge is 2.49. The highest BCUT2D eigenvalue weighted by molar-refractivity contribution is 6.99. The van der Waals surface area contributed by atoms with E-state index in [0.29, 0.717) is 13.0 Å². The van der Waals surface area contributed by atoms with Crippen LogP contribution < -0.4 is 10.4 Å². The number of carbonyl (C=O) groups excluding carboxylic acids is 1. The number of benzene rings is 2. The van der Waals surface area contributed by atoms with E-state index in [1.54, 1.807) is 0 Å². The average Bonchev–Trinajstić information content (AvgIpc) is 3.12. The van der Waals surface area contributed by atoms with Gasteiger partial charge in [0, 0.05) is 6.61 Å². The normalized spacial score (nSPS) is 20.6. The van der Waals surface area contributed by atoms with E-state index in [1.165, 1.54) is 16.4 Å². The quantitative estimate of drug-likeness (QED) is 0.135.